The number of nitrogens with one attached hydrogen (secondary N) is 2. The first-order chi connectivity index (χ1) is 10.1. The highest BCUT2D eigenvalue weighted by Crippen LogP contribution is 2.35. The first-order valence-electron chi connectivity index (χ1n) is 7.08. The van der Waals surface area contributed by atoms with Gasteiger partial charge >= 0.3 is 0 Å². The molecule has 0 aromatic heterocycles. The number of carbonyl (C=O) groups is 1. The van der Waals surface area contributed by atoms with E-state index in [2.05, 4.69) is 10.6 Å². The number of carbonyl (C=O) groups excluding carboxylic acids is 1. The molecule has 0 heterocycles. The van der Waals surface area contributed by atoms with Crippen LogP contribution in [0.3, 0.4) is 0 Å². The molecule has 1 aromatic rings. The Hall–Kier alpha value is -1.62. The third kappa shape index (κ3) is 4.17. The summed E-state index contributed by atoms with van der Waals surface area (Å²) in [6.07, 6.45) is 4.54. The second-order valence-corrected chi connectivity index (χ2v) is 5.50. The highest BCUT2D eigenvalue weighted by Gasteiger charge is 2.17. The fourth-order valence-corrected chi connectivity index (χ4v) is 2.76. The fraction of sp³-hybridized carbons (Fsp3) is 0.533. The van der Waals surface area contributed by atoms with E-state index in [9.17, 15) is 4.79 Å². The lowest BCUT2D eigenvalue weighted by Crippen LogP contribution is -2.36. The maximum absolute atomic E-state index is 11.9. The summed E-state index contributed by atoms with van der Waals surface area (Å²) < 4.78 is 10.4. The van der Waals surface area contributed by atoms with Crippen molar-refractivity contribution in [1.29, 1.82) is 0 Å². The largest absolute Gasteiger partial charge is 0.495 e. The van der Waals surface area contributed by atoms with Crippen molar-refractivity contribution in [2.75, 3.05) is 26.1 Å². The van der Waals surface area contributed by atoms with Crippen LogP contribution < -0.4 is 20.1 Å². The summed E-state index contributed by atoms with van der Waals surface area (Å²) in [4.78, 5) is 11.9. The van der Waals surface area contributed by atoms with E-state index in [4.69, 9.17) is 21.1 Å². The van der Waals surface area contributed by atoms with Gasteiger partial charge in [-0.3, -0.25) is 4.79 Å². The van der Waals surface area contributed by atoms with Gasteiger partial charge in [0, 0.05) is 12.1 Å². The van der Waals surface area contributed by atoms with E-state index in [1.54, 1.807) is 26.4 Å². The van der Waals surface area contributed by atoms with Crippen molar-refractivity contribution < 1.29 is 14.3 Å². The van der Waals surface area contributed by atoms with Crippen molar-refractivity contribution in [3.05, 3.63) is 17.2 Å². The Kier molecular flexibility index (Phi) is 5.56. The zero-order valence-electron chi connectivity index (χ0n) is 12.4. The van der Waals surface area contributed by atoms with Crippen LogP contribution in [0.25, 0.3) is 0 Å². The maximum atomic E-state index is 11.9. The van der Waals surface area contributed by atoms with Crippen LogP contribution in [0.4, 0.5) is 5.69 Å². The average molecular weight is 313 g/mol. The highest BCUT2D eigenvalue weighted by atomic mass is 35.5. The molecule has 0 spiro atoms. The summed E-state index contributed by atoms with van der Waals surface area (Å²) in [6.45, 7) is 0.190. The first kappa shape index (κ1) is 15.8. The van der Waals surface area contributed by atoms with Gasteiger partial charge in [-0.2, -0.15) is 0 Å². The molecule has 0 radical (unpaired) electrons. The van der Waals surface area contributed by atoms with Gasteiger partial charge in [0.05, 0.1) is 31.5 Å². The molecule has 0 atom stereocenters. The van der Waals surface area contributed by atoms with Crippen molar-refractivity contribution in [1.82, 2.24) is 5.32 Å². The molecule has 2 rings (SSSR count). The Morgan fingerprint density at radius 1 is 1.24 bits per heavy atom. The number of methoxy groups -OCH3 is 2. The second-order valence-electron chi connectivity index (χ2n) is 5.09. The molecule has 1 aliphatic carbocycles. The van der Waals surface area contributed by atoms with Crippen molar-refractivity contribution in [3.8, 4) is 11.5 Å². The molecule has 0 bridgehead atoms. The standard InChI is InChI=1S/C15H21ClN2O3/c1-20-13-8-14(21-2)12(7-11(13)16)17-9-15(19)18-10-5-3-4-6-10/h7-8,10,17H,3-6,9H2,1-2H3,(H,18,19). The molecule has 1 aromatic carbocycles. The summed E-state index contributed by atoms with van der Waals surface area (Å²) in [5.41, 5.74) is 0.671. The summed E-state index contributed by atoms with van der Waals surface area (Å²) in [5.74, 6) is 1.11. The summed E-state index contributed by atoms with van der Waals surface area (Å²) in [7, 11) is 3.11. The van der Waals surface area contributed by atoms with Crippen molar-refractivity contribution in [3.63, 3.8) is 0 Å². The van der Waals surface area contributed by atoms with Crippen molar-refractivity contribution in [2.24, 2.45) is 0 Å². The van der Waals surface area contributed by atoms with Gasteiger partial charge in [0.25, 0.3) is 0 Å². The van der Waals surface area contributed by atoms with Gasteiger partial charge in [-0.15, -0.1) is 0 Å². The predicted octanol–water partition coefficient (Wildman–Crippen LogP) is 2.83. The van der Waals surface area contributed by atoms with Crippen LogP contribution in [0.5, 0.6) is 11.5 Å². The first-order valence-corrected chi connectivity index (χ1v) is 7.46. The lowest BCUT2D eigenvalue weighted by molar-refractivity contribution is -0.120. The topological polar surface area (TPSA) is 59.6 Å². The number of ether oxygens (including phenoxy) is 2. The van der Waals surface area contributed by atoms with Gasteiger partial charge in [-0.1, -0.05) is 24.4 Å². The summed E-state index contributed by atoms with van der Waals surface area (Å²) >= 11 is 6.09. The van der Waals surface area contributed by atoms with Crippen molar-refractivity contribution >= 4 is 23.2 Å². The van der Waals surface area contributed by atoms with Crippen LogP contribution in [-0.2, 0) is 4.79 Å². The molecule has 6 heteroatoms. The highest BCUT2D eigenvalue weighted by molar-refractivity contribution is 6.32. The number of amides is 1. The predicted molar refractivity (Wildman–Crippen MR) is 83.4 cm³/mol. The van der Waals surface area contributed by atoms with E-state index < -0.39 is 0 Å². The normalized spacial score (nSPS) is 14.8. The Morgan fingerprint density at radius 3 is 2.52 bits per heavy atom. The average Bonchev–Trinajstić information content (AvgIpc) is 2.98. The lowest BCUT2D eigenvalue weighted by Gasteiger charge is -2.15. The molecular weight excluding hydrogens is 292 g/mol. The SMILES string of the molecule is COc1cc(OC)c(NCC(=O)NC2CCCC2)cc1Cl. The minimum absolute atomic E-state index is 0.0177. The zero-order chi connectivity index (χ0) is 15.2. The van der Waals surface area contributed by atoms with Gasteiger partial charge < -0.3 is 20.1 Å². The van der Waals surface area contributed by atoms with E-state index in [-0.39, 0.29) is 12.5 Å². The van der Waals surface area contributed by atoms with E-state index in [0.29, 0.717) is 28.3 Å². The molecule has 0 saturated heterocycles. The number of hydrogen-bond donors (Lipinski definition) is 2. The molecule has 116 valence electrons. The van der Waals surface area contributed by atoms with Crippen LogP contribution in [0.15, 0.2) is 12.1 Å². The second kappa shape index (κ2) is 7.41. The molecule has 1 saturated carbocycles. The molecule has 2 N–H and O–H groups in total. The quantitative estimate of drug-likeness (QED) is 0.848. The summed E-state index contributed by atoms with van der Waals surface area (Å²) in [5, 5.41) is 6.55. The number of anilines is 1. The van der Waals surface area contributed by atoms with Gasteiger partial charge in [-0.05, 0) is 18.9 Å². The van der Waals surface area contributed by atoms with Crippen molar-refractivity contribution in [2.45, 2.75) is 31.7 Å². The molecule has 1 amide bonds. The minimum atomic E-state index is -0.0177. The molecule has 0 unspecified atom stereocenters. The van der Waals surface area contributed by atoms with Crippen LogP contribution in [0, 0.1) is 0 Å². The molecule has 1 aliphatic rings. The van der Waals surface area contributed by atoms with Gasteiger partial charge in [0.2, 0.25) is 5.91 Å². The Labute approximate surface area is 130 Å². The monoisotopic (exact) mass is 312 g/mol. The lowest BCUT2D eigenvalue weighted by atomic mass is 10.2. The third-order valence-electron chi connectivity index (χ3n) is 3.63. The maximum Gasteiger partial charge on any atom is 0.239 e. The van der Waals surface area contributed by atoms with E-state index in [1.807, 2.05) is 0 Å². The number of rotatable bonds is 6. The van der Waals surface area contributed by atoms with Crippen LogP contribution in [0.1, 0.15) is 25.7 Å². The zero-order valence-corrected chi connectivity index (χ0v) is 13.1. The van der Waals surface area contributed by atoms with Crippen LogP contribution >= 0.6 is 11.6 Å². The molecular formula is C15H21ClN2O3. The van der Waals surface area contributed by atoms with Gasteiger partial charge in [0.15, 0.2) is 0 Å². The van der Waals surface area contributed by atoms with E-state index >= 15 is 0 Å². The Balaban J connectivity index is 1.95. The summed E-state index contributed by atoms with van der Waals surface area (Å²) in [6, 6.07) is 3.71. The fourth-order valence-electron chi connectivity index (χ4n) is 2.52. The third-order valence-corrected chi connectivity index (χ3v) is 3.93. The van der Waals surface area contributed by atoms with Crippen LogP contribution in [-0.4, -0.2) is 32.7 Å². The molecule has 0 aliphatic heterocycles. The van der Waals surface area contributed by atoms with Crippen LogP contribution in [0.2, 0.25) is 5.02 Å². The number of hydrogen-bond acceptors (Lipinski definition) is 4. The number of benzene rings is 1. The number of halogens is 1. The van der Waals surface area contributed by atoms with E-state index in [0.717, 1.165) is 12.8 Å². The Bertz CT molecular complexity index is 502. The Morgan fingerprint density at radius 2 is 1.90 bits per heavy atom. The molecule has 21 heavy (non-hydrogen) atoms. The minimum Gasteiger partial charge on any atom is -0.495 e. The smallest absolute Gasteiger partial charge is 0.239 e. The molecule has 5 nitrogen and oxygen atoms in total. The molecule has 1 fully saturated rings. The van der Waals surface area contributed by atoms with E-state index in [1.165, 1.54) is 12.8 Å². The van der Waals surface area contributed by atoms with Gasteiger partial charge in [-0.25, -0.2) is 0 Å². The van der Waals surface area contributed by atoms with Gasteiger partial charge in [0.1, 0.15) is 11.5 Å².